The first kappa shape index (κ1) is 6.95. The van der Waals surface area contributed by atoms with E-state index in [1.54, 1.807) is 0 Å². The summed E-state index contributed by atoms with van der Waals surface area (Å²) in [5.41, 5.74) is 2.18. The molecule has 0 saturated carbocycles. The van der Waals surface area contributed by atoms with Gasteiger partial charge in [0.1, 0.15) is 5.78 Å². The smallest absolute Gasteiger partial charge is 0.231 e. The first-order valence-electron chi connectivity index (χ1n) is 4.26. The Morgan fingerprint density at radius 2 is 1.54 bits per heavy atom. The summed E-state index contributed by atoms with van der Waals surface area (Å²) in [6.07, 6.45) is 1.10. The molecule has 13 heavy (non-hydrogen) atoms. The summed E-state index contributed by atoms with van der Waals surface area (Å²) < 4.78 is 10.5. The normalized spacial score (nSPS) is 17.7. The van der Waals surface area contributed by atoms with Crippen LogP contribution in [0.3, 0.4) is 0 Å². The zero-order chi connectivity index (χ0) is 8.84. The Morgan fingerprint density at radius 3 is 2.08 bits per heavy atom. The number of hydrogen-bond acceptors (Lipinski definition) is 3. The topological polar surface area (TPSA) is 35.5 Å². The van der Waals surface area contributed by atoms with Crippen LogP contribution in [0, 0.1) is 0 Å². The average molecular weight is 176 g/mol. The predicted molar refractivity (Wildman–Crippen MR) is 45.0 cm³/mol. The van der Waals surface area contributed by atoms with Crippen molar-refractivity contribution in [2.75, 3.05) is 6.79 Å². The van der Waals surface area contributed by atoms with Crippen molar-refractivity contribution in [3.05, 3.63) is 23.3 Å². The fourth-order valence-corrected chi connectivity index (χ4v) is 1.84. The van der Waals surface area contributed by atoms with Crippen LogP contribution in [0.25, 0.3) is 0 Å². The second kappa shape index (κ2) is 2.25. The van der Waals surface area contributed by atoms with Crippen molar-refractivity contribution in [1.29, 1.82) is 0 Å². The third kappa shape index (κ3) is 0.932. The van der Waals surface area contributed by atoms with Crippen LogP contribution in [0.15, 0.2) is 12.1 Å². The molecule has 0 spiro atoms. The molecule has 1 aromatic rings. The van der Waals surface area contributed by atoms with Gasteiger partial charge in [-0.3, -0.25) is 4.79 Å². The van der Waals surface area contributed by atoms with Crippen LogP contribution >= 0.6 is 0 Å². The molecular formula is C10H8O3. The number of ether oxygens (including phenoxy) is 2. The van der Waals surface area contributed by atoms with Gasteiger partial charge in [-0.05, 0) is 23.3 Å². The summed E-state index contributed by atoms with van der Waals surface area (Å²) in [5, 5.41) is 0. The lowest BCUT2D eigenvalue weighted by Gasteiger charge is -1.99. The Labute approximate surface area is 75.3 Å². The third-order valence-corrected chi connectivity index (χ3v) is 2.47. The maximum absolute atomic E-state index is 11.1. The minimum absolute atomic E-state index is 0.277. The Morgan fingerprint density at radius 1 is 1.00 bits per heavy atom. The molecule has 0 amide bonds. The monoisotopic (exact) mass is 176 g/mol. The highest BCUT2D eigenvalue weighted by atomic mass is 16.7. The molecule has 0 unspecified atom stereocenters. The van der Waals surface area contributed by atoms with Gasteiger partial charge in [-0.15, -0.1) is 0 Å². The van der Waals surface area contributed by atoms with Crippen molar-refractivity contribution in [2.45, 2.75) is 12.8 Å². The van der Waals surface area contributed by atoms with Gasteiger partial charge < -0.3 is 9.47 Å². The Hall–Kier alpha value is -1.51. The van der Waals surface area contributed by atoms with Crippen molar-refractivity contribution >= 4 is 5.78 Å². The first-order chi connectivity index (χ1) is 6.33. The van der Waals surface area contributed by atoms with Crippen LogP contribution in [0.5, 0.6) is 11.5 Å². The zero-order valence-corrected chi connectivity index (χ0v) is 7.00. The van der Waals surface area contributed by atoms with E-state index in [9.17, 15) is 4.79 Å². The predicted octanol–water partition coefficient (Wildman–Crippen LogP) is 1.08. The number of carbonyl (C=O) groups excluding carboxylic acids is 1. The highest BCUT2D eigenvalue weighted by Crippen LogP contribution is 2.37. The number of fused-ring (bicyclic) bond motifs is 2. The second-order valence-corrected chi connectivity index (χ2v) is 3.37. The highest BCUT2D eigenvalue weighted by Gasteiger charge is 2.23. The molecule has 1 aromatic carbocycles. The number of hydrogen-bond donors (Lipinski definition) is 0. The summed E-state index contributed by atoms with van der Waals surface area (Å²) in [5.74, 6) is 1.82. The molecule has 0 atom stereocenters. The van der Waals surface area contributed by atoms with Gasteiger partial charge in [0.05, 0.1) is 0 Å². The molecule has 1 heterocycles. The average Bonchev–Trinajstić information content (AvgIpc) is 2.63. The van der Waals surface area contributed by atoms with E-state index in [-0.39, 0.29) is 5.78 Å². The molecule has 0 fully saturated rings. The summed E-state index contributed by atoms with van der Waals surface area (Å²) in [6.45, 7) is 0.298. The number of carbonyl (C=O) groups is 1. The summed E-state index contributed by atoms with van der Waals surface area (Å²) in [7, 11) is 0. The van der Waals surface area contributed by atoms with E-state index >= 15 is 0 Å². The summed E-state index contributed by atoms with van der Waals surface area (Å²) in [6, 6.07) is 3.84. The van der Waals surface area contributed by atoms with Crippen molar-refractivity contribution in [1.82, 2.24) is 0 Å². The number of rotatable bonds is 0. The minimum Gasteiger partial charge on any atom is -0.454 e. The molecule has 0 saturated heterocycles. The van der Waals surface area contributed by atoms with Crippen LogP contribution < -0.4 is 9.47 Å². The molecule has 66 valence electrons. The molecule has 0 bridgehead atoms. The van der Waals surface area contributed by atoms with Crippen LogP contribution in [0.1, 0.15) is 11.1 Å². The van der Waals surface area contributed by atoms with Crippen molar-refractivity contribution in [3.63, 3.8) is 0 Å². The summed E-state index contributed by atoms with van der Waals surface area (Å²) >= 11 is 0. The lowest BCUT2D eigenvalue weighted by molar-refractivity contribution is -0.117. The van der Waals surface area contributed by atoms with Gasteiger partial charge in [0.2, 0.25) is 6.79 Å². The van der Waals surface area contributed by atoms with E-state index < -0.39 is 0 Å². The Bertz CT molecular complexity index is 360. The molecule has 0 aromatic heterocycles. The van der Waals surface area contributed by atoms with Crippen molar-refractivity contribution < 1.29 is 14.3 Å². The molecule has 1 aliphatic carbocycles. The fraction of sp³-hybridized carbons (Fsp3) is 0.300. The number of benzene rings is 1. The molecule has 0 radical (unpaired) electrons. The first-order valence-corrected chi connectivity index (χ1v) is 4.26. The molecule has 2 aliphatic rings. The molecule has 3 heteroatoms. The van der Waals surface area contributed by atoms with E-state index in [1.807, 2.05) is 12.1 Å². The molecular weight excluding hydrogens is 168 g/mol. The van der Waals surface area contributed by atoms with Crippen molar-refractivity contribution in [3.8, 4) is 11.5 Å². The number of Topliss-reactive ketones (excluding diaryl/α,β-unsaturated/α-hetero) is 1. The largest absolute Gasteiger partial charge is 0.454 e. The van der Waals surface area contributed by atoms with Crippen LogP contribution in [-0.2, 0) is 17.6 Å². The molecule has 3 rings (SSSR count). The lowest BCUT2D eigenvalue weighted by Crippen LogP contribution is -1.94. The molecule has 1 aliphatic heterocycles. The fourth-order valence-electron chi connectivity index (χ4n) is 1.84. The van der Waals surface area contributed by atoms with Gasteiger partial charge >= 0.3 is 0 Å². The van der Waals surface area contributed by atoms with Crippen LogP contribution in [-0.4, -0.2) is 12.6 Å². The molecule has 0 N–H and O–H groups in total. The van der Waals surface area contributed by atoms with Crippen molar-refractivity contribution in [2.24, 2.45) is 0 Å². The Balaban J connectivity index is 2.15. The third-order valence-electron chi connectivity index (χ3n) is 2.47. The SMILES string of the molecule is O=C1Cc2cc3c(cc2C1)OCO3. The quantitative estimate of drug-likeness (QED) is 0.593. The lowest BCUT2D eigenvalue weighted by atomic mass is 10.1. The van der Waals surface area contributed by atoms with Gasteiger partial charge in [0, 0.05) is 12.8 Å². The second-order valence-electron chi connectivity index (χ2n) is 3.37. The maximum Gasteiger partial charge on any atom is 0.231 e. The highest BCUT2D eigenvalue weighted by molar-refractivity contribution is 5.88. The Kier molecular flexibility index (Phi) is 1.20. The zero-order valence-electron chi connectivity index (χ0n) is 7.00. The maximum atomic E-state index is 11.1. The van der Waals surface area contributed by atoms with E-state index in [2.05, 4.69) is 0 Å². The minimum atomic E-state index is 0.277. The molecule has 3 nitrogen and oxygen atoms in total. The van der Waals surface area contributed by atoms with Gasteiger partial charge in [0.25, 0.3) is 0 Å². The van der Waals surface area contributed by atoms with Gasteiger partial charge in [-0.25, -0.2) is 0 Å². The van der Waals surface area contributed by atoms with E-state index in [4.69, 9.17) is 9.47 Å². The van der Waals surface area contributed by atoms with Crippen LogP contribution in [0.4, 0.5) is 0 Å². The number of ketones is 1. The van der Waals surface area contributed by atoms with Gasteiger partial charge in [-0.2, -0.15) is 0 Å². The van der Waals surface area contributed by atoms with Gasteiger partial charge in [-0.1, -0.05) is 0 Å². The van der Waals surface area contributed by atoms with Gasteiger partial charge in [0.15, 0.2) is 11.5 Å². The standard InChI is InChI=1S/C10H8O3/c11-8-1-6-3-9-10(13-5-12-9)4-7(6)2-8/h3-4H,1-2,5H2. The van der Waals surface area contributed by atoms with E-state index in [0.717, 1.165) is 22.6 Å². The summed E-state index contributed by atoms with van der Waals surface area (Å²) in [4.78, 5) is 11.1. The van der Waals surface area contributed by atoms with E-state index in [0.29, 0.717) is 19.6 Å². The van der Waals surface area contributed by atoms with E-state index in [1.165, 1.54) is 0 Å². The van der Waals surface area contributed by atoms with Crippen LogP contribution in [0.2, 0.25) is 0 Å².